The molecule has 5 nitrogen and oxygen atoms in total. The number of alkyl halides is 3. The Labute approximate surface area is 322 Å². The maximum Gasteiger partial charge on any atom is 2.00 e. The molecule has 0 aliphatic heterocycles. The van der Waals surface area contributed by atoms with Gasteiger partial charge in [0.2, 0.25) is 0 Å². The number of nitrogens with zero attached hydrogens (tertiary/aromatic N) is 5. The fourth-order valence-corrected chi connectivity index (χ4v) is 7.79. The second-order valence-corrected chi connectivity index (χ2v) is 13.5. The van der Waals surface area contributed by atoms with Crippen LogP contribution in [0.1, 0.15) is 16.7 Å². The van der Waals surface area contributed by atoms with Crippen LogP contribution in [0, 0.1) is 19.9 Å². The minimum Gasteiger partial charge on any atom is -0.656 e. The van der Waals surface area contributed by atoms with Gasteiger partial charge in [-0.1, -0.05) is 83.7 Å². The van der Waals surface area contributed by atoms with Gasteiger partial charge >= 0.3 is 27.2 Å². The number of hydrogen-bond donors (Lipinski definition) is 0. The van der Waals surface area contributed by atoms with Crippen LogP contribution < -0.4 is 4.98 Å². The van der Waals surface area contributed by atoms with Crippen molar-refractivity contribution in [2.45, 2.75) is 20.0 Å². The third kappa shape index (κ3) is 5.19. The predicted molar refractivity (Wildman–Crippen MR) is 206 cm³/mol. The number of aromatic nitrogens is 5. The Hall–Kier alpha value is -5.98. The molecule has 0 saturated heterocycles. The van der Waals surface area contributed by atoms with Crippen molar-refractivity contribution in [1.29, 1.82) is 0 Å². The average molecular weight is 891 g/mol. The van der Waals surface area contributed by atoms with E-state index in [1.165, 1.54) is 12.1 Å². The van der Waals surface area contributed by atoms with Gasteiger partial charge in [0.1, 0.15) is 11.6 Å². The van der Waals surface area contributed by atoms with Crippen LogP contribution in [0.5, 0.6) is 0 Å². The fraction of sp³-hybridized carbons (Fsp3) is 0.0667. The van der Waals surface area contributed by atoms with Gasteiger partial charge in [-0.3, -0.25) is 4.57 Å². The molecule has 10 aromatic rings. The number of aryl methyl sites for hydroxylation is 2. The normalized spacial score (nSPS) is 12.0. The third-order valence-electron chi connectivity index (χ3n) is 10.1. The summed E-state index contributed by atoms with van der Waals surface area (Å²) >= 11 is 0. The first-order valence-electron chi connectivity index (χ1n) is 17.3. The molecule has 0 amide bonds. The van der Waals surface area contributed by atoms with Gasteiger partial charge in [-0.15, -0.1) is 34.8 Å². The first-order chi connectivity index (χ1) is 25.7. The summed E-state index contributed by atoms with van der Waals surface area (Å²) in [5, 5.41) is 3.68. The number of imidazole rings is 1. The number of para-hydroxylation sites is 4. The van der Waals surface area contributed by atoms with Crippen molar-refractivity contribution in [3.8, 4) is 34.0 Å². The minimum absolute atomic E-state index is 0. The van der Waals surface area contributed by atoms with Gasteiger partial charge in [-0.05, 0) is 89.1 Å². The van der Waals surface area contributed by atoms with Crippen molar-refractivity contribution >= 4 is 54.6 Å². The third-order valence-corrected chi connectivity index (χ3v) is 10.1. The van der Waals surface area contributed by atoms with Crippen LogP contribution >= 0.6 is 0 Å². The Bertz CT molecular complexity index is 3080. The van der Waals surface area contributed by atoms with Crippen molar-refractivity contribution in [2.24, 2.45) is 0 Å². The molecular weight excluding hydrogens is 863 g/mol. The minimum atomic E-state index is -4.50. The molecule has 0 unspecified atom stereocenters. The molecule has 0 bridgehead atoms. The molecule has 0 aliphatic carbocycles. The number of pyridine rings is 1. The van der Waals surface area contributed by atoms with Crippen LogP contribution in [0.15, 0.2) is 134 Å². The molecule has 54 heavy (non-hydrogen) atoms. The smallest absolute Gasteiger partial charge is 0.656 e. The quantitative estimate of drug-likeness (QED) is 0.165. The number of hydrogen-bond acceptors (Lipinski definition) is 2. The first-order valence-corrected chi connectivity index (χ1v) is 17.3. The van der Waals surface area contributed by atoms with E-state index < -0.39 is 11.7 Å². The molecule has 0 fully saturated rings. The standard InChI is InChI=1S/C45H28F3N5.Pt/c1-26-20-21-49-40(22-26)53-38-24-28(18-19-34(38)41-27(2)23-29(25-39(41)53)45(46,47)48)31-13-9-17-37-43(31)51-44(52(37)30-10-4-3-5-11-30)35-15-8-14-33-32-12-6-7-16-36(32)50-42(33)35;/h3-23,25H,1-2H3;/q-2;+2. The van der Waals surface area contributed by atoms with Crippen molar-refractivity contribution in [2.75, 3.05) is 0 Å². The molecule has 264 valence electrons. The zero-order chi connectivity index (χ0) is 36.0. The number of rotatable bonds is 4. The van der Waals surface area contributed by atoms with E-state index in [9.17, 15) is 13.2 Å². The van der Waals surface area contributed by atoms with Gasteiger partial charge in [0.25, 0.3) is 0 Å². The maximum absolute atomic E-state index is 14.2. The Morgan fingerprint density at radius 3 is 2.26 bits per heavy atom. The average Bonchev–Trinajstić information content (AvgIpc) is 3.84. The van der Waals surface area contributed by atoms with Gasteiger partial charge in [0, 0.05) is 23.0 Å². The zero-order valence-corrected chi connectivity index (χ0v) is 31.2. The molecule has 0 N–H and O–H groups in total. The largest absolute Gasteiger partial charge is 2.00 e. The van der Waals surface area contributed by atoms with E-state index in [4.69, 9.17) is 9.97 Å². The number of benzene rings is 6. The van der Waals surface area contributed by atoms with E-state index in [1.54, 1.807) is 17.7 Å². The van der Waals surface area contributed by atoms with E-state index in [0.29, 0.717) is 22.4 Å². The second kappa shape index (κ2) is 12.6. The van der Waals surface area contributed by atoms with Gasteiger partial charge in [-0.2, -0.15) is 13.2 Å². The summed E-state index contributed by atoms with van der Waals surface area (Å²) in [6.45, 7) is 3.67. The van der Waals surface area contributed by atoms with Crippen LogP contribution in [0.4, 0.5) is 13.2 Å². The summed E-state index contributed by atoms with van der Waals surface area (Å²) in [6.07, 6.45) is -2.83. The van der Waals surface area contributed by atoms with Crippen LogP contribution in [0.25, 0.3) is 88.7 Å². The molecule has 0 spiro atoms. The molecule has 0 aliphatic rings. The first kappa shape index (κ1) is 33.8. The van der Waals surface area contributed by atoms with E-state index in [0.717, 1.165) is 77.4 Å². The Morgan fingerprint density at radius 1 is 0.685 bits per heavy atom. The summed E-state index contributed by atoms with van der Waals surface area (Å²) in [4.78, 5) is 15.1. The molecular formula is C45H28F3N5Pt. The SMILES string of the molecule is Cc1ccnc(-n2c3[c-]c(-c4cccc5c4nc(-c4cccc6c4[n-]c4ccccc46)n5-c4ccccc4)ccc3c3c(C)cc(C(F)(F)F)cc32)c1.[Pt+2]. The van der Waals surface area contributed by atoms with Crippen molar-refractivity contribution in [1.82, 2.24) is 24.1 Å². The Kier molecular flexibility index (Phi) is 7.87. The zero-order valence-electron chi connectivity index (χ0n) is 28.9. The Morgan fingerprint density at radius 2 is 1.44 bits per heavy atom. The Balaban J connectivity index is 0.00000384. The van der Waals surface area contributed by atoms with Crippen LogP contribution in [-0.4, -0.2) is 19.1 Å². The monoisotopic (exact) mass is 890 g/mol. The number of fused-ring (bicyclic) bond motifs is 7. The molecule has 4 heterocycles. The van der Waals surface area contributed by atoms with Gasteiger partial charge < -0.3 is 9.55 Å². The van der Waals surface area contributed by atoms with Crippen molar-refractivity contribution < 1.29 is 34.2 Å². The van der Waals surface area contributed by atoms with Crippen LogP contribution in [0.2, 0.25) is 0 Å². The molecule has 10 rings (SSSR count). The predicted octanol–water partition coefficient (Wildman–Crippen LogP) is 11.5. The second-order valence-electron chi connectivity index (χ2n) is 13.5. The molecule has 0 radical (unpaired) electrons. The fourth-order valence-electron chi connectivity index (χ4n) is 7.79. The molecule has 0 saturated carbocycles. The van der Waals surface area contributed by atoms with Gasteiger partial charge in [0.15, 0.2) is 0 Å². The summed E-state index contributed by atoms with van der Waals surface area (Å²) in [7, 11) is 0. The maximum atomic E-state index is 14.2. The van der Waals surface area contributed by atoms with E-state index >= 15 is 0 Å². The topological polar surface area (TPSA) is 49.7 Å². The summed E-state index contributed by atoms with van der Waals surface area (Å²) in [6, 6.07) is 44.4. The van der Waals surface area contributed by atoms with E-state index in [-0.39, 0.29) is 21.1 Å². The van der Waals surface area contributed by atoms with Crippen LogP contribution in [0.3, 0.4) is 0 Å². The van der Waals surface area contributed by atoms with Gasteiger partial charge in [-0.25, -0.2) is 9.97 Å². The van der Waals surface area contributed by atoms with Gasteiger partial charge in [0.05, 0.1) is 16.6 Å². The van der Waals surface area contributed by atoms with Crippen LogP contribution in [-0.2, 0) is 27.2 Å². The van der Waals surface area contributed by atoms with E-state index in [1.807, 2.05) is 85.8 Å². The van der Waals surface area contributed by atoms with E-state index in [2.05, 4.69) is 52.0 Å². The summed E-state index contributed by atoms with van der Waals surface area (Å²) < 4.78 is 46.4. The molecule has 0 atom stereocenters. The van der Waals surface area contributed by atoms with Crippen molar-refractivity contribution in [3.05, 3.63) is 156 Å². The molecule has 9 heteroatoms. The number of halogens is 3. The molecule has 6 aromatic carbocycles. The van der Waals surface area contributed by atoms with Crippen molar-refractivity contribution in [3.63, 3.8) is 0 Å². The summed E-state index contributed by atoms with van der Waals surface area (Å²) in [5.41, 5.74) is 8.76. The molecule has 4 aromatic heterocycles. The summed E-state index contributed by atoms with van der Waals surface area (Å²) in [5.74, 6) is 1.27.